The molecule has 0 saturated heterocycles. The molecule has 4 N–H and O–H groups in total. The van der Waals surface area contributed by atoms with Crippen LogP contribution in [-0.4, -0.2) is 46.3 Å². The van der Waals surface area contributed by atoms with Crippen LogP contribution in [0.15, 0.2) is 43.1 Å². The summed E-state index contributed by atoms with van der Waals surface area (Å²) in [6.45, 7) is 2.04. The second-order valence-electron chi connectivity index (χ2n) is 8.85. The lowest BCUT2D eigenvalue weighted by Crippen LogP contribution is -2.34. The van der Waals surface area contributed by atoms with Crippen LogP contribution in [-0.2, 0) is 6.42 Å². The van der Waals surface area contributed by atoms with E-state index in [1.807, 2.05) is 36.1 Å². The van der Waals surface area contributed by atoms with Crippen LogP contribution in [0.2, 0.25) is 0 Å². The highest BCUT2D eigenvalue weighted by molar-refractivity contribution is 5.86. The minimum atomic E-state index is -0.826. The molecule has 2 aliphatic carbocycles. The molecule has 8 heteroatoms. The Balaban J connectivity index is 1.27. The molecular formula is C22H24N6O2. The lowest BCUT2D eigenvalue weighted by atomic mass is 9.91. The Hall–Kier alpha value is -2.97. The van der Waals surface area contributed by atoms with E-state index in [0.717, 1.165) is 36.0 Å². The molecule has 0 radical (unpaired) electrons. The van der Waals surface area contributed by atoms with Crippen LogP contribution >= 0.6 is 0 Å². The van der Waals surface area contributed by atoms with E-state index in [1.165, 1.54) is 11.9 Å². The number of hydrogen-bond donors (Lipinski definition) is 3. The highest BCUT2D eigenvalue weighted by Crippen LogP contribution is 2.69. The fraction of sp³-hybridized carbons (Fsp3) is 0.409. The van der Waals surface area contributed by atoms with E-state index in [0.29, 0.717) is 11.5 Å². The largest absolute Gasteiger partial charge is 0.390 e. The van der Waals surface area contributed by atoms with Crippen molar-refractivity contribution in [3.8, 4) is 0 Å². The summed E-state index contributed by atoms with van der Waals surface area (Å²) in [4.78, 5) is 12.9. The summed E-state index contributed by atoms with van der Waals surface area (Å²) < 4.78 is 4.04. The maximum Gasteiger partial charge on any atom is 0.145 e. The van der Waals surface area contributed by atoms with Crippen molar-refractivity contribution in [2.75, 3.05) is 5.73 Å². The van der Waals surface area contributed by atoms with E-state index >= 15 is 0 Å². The monoisotopic (exact) mass is 404 g/mol. The minimum absolute atomic E-state index is 0.204. The van der Waals surface area contributed by atoms with Gasteiger partial charge in [0.2, 0.25) is 0 Å². The lowest BCUT2D eigenvalue weighted by molar-refractivity contribution is -0.0191. The van der Waals surface area contributed by atoms with Crippen molar-refractivity contribution < 1.29 is 10.2 Å². The zero-order chi connectivity index (χ0) is 20.6. The van der Waals surface area contributed by atoms with Crippen LogP contribution in [0.3, 0.4) is 0 Å². The number of nitrogens with zero attached hydrogens (tertiary/aromatic N) is 5. The van der Waals surface area contributed by atoms with Gasteiger partial charge < -0.3 is 24.9 Å². The van der Waals surface area contributed by atoms with Crippen LogP contribution in [0.25, 0.3) is 16.7 Å². The maximum atomic E-state index is 11.0. The van der Waals surface area contributed by atoms with E-state index in [4.69, 9.17) is 5.73 Å². The van der Waals surface area contributed by atoms with Gasteiger partial charge in [-0.1, -0.05) is 0 Å². The average molecular weight is 404 g/mol. The first-order chi connectivity index (χ1) is 14.5. The van der Waals surface area contributed by atoms with Crippen molar-refractivity contribution in [2.45, 2.75) is 44.4 Å². The minimum Gasteiger partial charge on any atom is -0.390 e. The molecule has 4 aromatic heterocycles. The van der Waals surface area contributed by atoms with Crippen molar-refractivity contribution in [1.29, 1.82) is 0 Å². The first kappa shape index (κ1) is 17.9. The first-order valence-electron chi connectivity index (χ1n) is 10.4. The van der Waals surface area contributed by atoms with Gasteiger partial charge in [-0.2, -0.15) is 0 Å². The molecular weight excluding hydrogens is 380 g/mol. The Morgan fingerprint density at radius 2 is 2.07 bits per heavy atom. The van der Waals surface area contributed by atoms with Crippen LogP contribution < -0.4 is 5.73 Å². The third-order valence-corrected chi connectivity index (χ3v) is 7.36. The van der Waals surface area contributed by atoms with Gasteiger partial charge in [0.25, 0.3) is 0 Å². The lowest BCUT2D eigenvalue weighted by Gasteiger charge is -2.24. The summed E-state index contributed by atoms with van der Waals surface area (Å²) >= 11 is 0. The molecule has 154 valence electrons. The van der Waals surface area contributed by atoms with E-state index in [9.17, 15) is 10.2 Å². The summed E-state index contributed by atoms with van der Waals surface area (Å²) in [5, 5.41) is 22.7. The number of rotatable bonds is 4. The number of nitrogens with two attached hydrogens (primary N) is 1. The second-order valence-corrected chi connectivity index (χ2v) is 8.85. The number of aromatic nitrogens is 5. The summed E-state index contributed by atoms with van der Waals surface area (Å²) in [6, 6.07) is 5.90. The fourth-order valence-electron chi connectivity index (χ4n) is 5.62. The van der Waals surface area contributed by atoms with Gasteiger partial charge in [-0.05, 0) is 55.9 Å². The number of hydrogen-bond acceptors (Lipinski definition) is 6. The SMILES string of the molecule is Cc1cnc2cc(CC[C@@]34C[C@@H]3[C@@H](n3ccc5c(N)ncnc53)[C@H](O)[C@@H]4O)ccn12. The summed E-state index contributed by atoms with van der Waals surface area (Å²) in [6.07, 6.45) is 8.27. The number of aryl methyl sites for hydroxylation is 2. The Bertz CT molecular complexity index is 1280. The molecule has 0 amide bonds. The molecule has 0 unspecified atom stereocenters. The molecule has 30 heavy (non-hydrogen) atoms. The number of nitrogen functional groups attached to an aromatic ring is 1. The number of pyridine rings is 1. The Morgan fingerprint density at radius 3 is 2.93 bits per heavy atom. The molecule has 8 nitrogen and oxygen atoms in total. The average Bonchev–Trinajstić information content (AvgIpc) is 3.00. The molecule has 2 aliphatic rings. The molecule has 0 bridgehead atoms. The van der Waals surface area contributed by atoms with Crippen LogP contribution in [0.4, 0.5) is 5.82 Å². The Morgan fingerprint density at radius 1 is 1.20 bits per heavy atom. The number of anilines is 1. The van der Waals surface area contributed by atoms with Gasteiger partial charge in [-0.3, -0.25) is 0 Å². The molecule has 0 aromatic carbocycles. The van der Waals surface area contributed by atoms with Crippen molar-refractivity contribution in [1.82, 2.24) is 23.9 Å². The topological polar surface area (TPSA) is 114 Å². The second kappa shape index (κ2) is 6.02. The summed E-state index contributed by atoms with van der Waals surface area (Å²) in [5.41, 5.74) is 9.68. The van der Waals surface area contributed by atoms with Gasteiger partial charge in [0, 0.05) is 29.7 Å². The Labute approximate surface area is 173 Å². The van der Waals surface area contributed by atoms with Gasteiger partial charge >= 0.3 is 0 Å². The summed E-state index contributed by atoms with van der Waals surface area (Å²) in [7, 11) is 0. The van der Waals surface area contributed by atoms with Crippen molar-refractivity contribution in [3.05, 3.63) is 54.4 Å². The zero-order valence-corrected chi connectivity index (χ0v) is 16.7. The van der Waals surface area contributed by atoms with E-state index in [1.54, 1.807) is 0 Å². The van der Waals surface area contributed by atoms with Gasteiger partial charge in [0.15, 0.2) is 0 Å². The zero-order valence-electron chi connectivity index (χ0n) is 16.7. The van der Waals surface area contributed by atoms with E-state index < -0.39 is 12.2 Å². The predicted molar refractivity (Wildman–Crippen MR) is 112 cm³/mol. The maximum absolute atomic E-state index is 11.0. The van der Waals surface area contributed by atoms with Crippen LogP contribution in [0, 0.1) is 18.3 Å². The van der Waals surface area contributed by atoms with Crippen LogP contribution in [0.5, 0.6) is 0 Å². The number of aliphatic hydroxyl groups excluding tert-OH is 2. The van der Waals surface area contributed by atoms with Crippen molar-refractivity contribution >= 4 is 22.5 Å². The van der Waals surface area contributed by atoms with E-state index in [2.05, 4.69) is 31.5 Å². The molecule has 4 aromatic rings. The molecule has 2 fully saturated rings. The number of aliphatic hydroxyl groups is 2. The molecule has 2 saturated carbocycles. The molecule has 0 aliphatic heterocycles. The first-order valence-corrected chi connectivity index (χ1v) is 10.4. The molecule has 5 atom stereocenters. The molecule has 0 spiro atoms. The normalized spacial score (nSPS) is 30.2. The van der Waals surface area contributed by atoms with Gasteiger partial charge in [-0.25, -0.2) is 15.0 Å². The van der Waals surface area contributed by atoms with Gasteiger partial charge in [-0.15, -0.1) is 0 Å². The highest BCUT2D eigenvalue weighted by atomic mass is 16.3. The van der Waals surface area contributed by atoms with Crippen LogP contribution in [0.1, 0.15) is 30.1 Å². The standard InChI is InChI=1S/C22H24N6O2/c1-12-10-24-16-8-13(3-6-27(12)16)2-5-22-9-15(22)17(18(29)19(22)30)28-7-4-14-20(23)25-11-26-21(14)28/h3-4,6-8,10-11,15,17-19,29-30H,2,5,9H2,1H3,(H2,23,25,26)/t15-,17-,18+,19+,22-/m1/s1. The van der Waals surface area contributed by atoms with Gasteiger partial charge in [0.05, 0.1) is 17.5 Å². The quantitative estimate of drug-likeness (QED) is 0.479. The number of fused-ring (bicyclic) bond motifs is 3. The van der Waals surface area contributed by atoms with Gasteiger partial charge in [0.1, 0.15) is 29.5 Å². The fourth-order valence-corrected chi connectivity index (χ4v) is 5.62. The summed E-state index contributed by atoms with van der Waals surface area (Å²) in [5.74, 6) is 0.644. The third-order valence-electron chi connectivity index (χ3n) is 7.36. The third kappa shape index (κ3) is 2.31. The van der Waals surface area contributed by atoms with Crippen molar-refractivity contribution in [2.24, 2.45) is 11.3 Å². The smallest absolute Gasteiger partial charge is 0.145 e. The number of imidazole rings is 1. The van der Waals surface area contributed by atoms with E-state index in [-0.39, 0.29) is 17.4 Å². The highest BCUT2D eigenvalue weighted by Gasteiger charge is 2.70. The Kier molecular flexibility index (Phi) is 3.58. The van der Waals surface area contributed by atoms with Crippen molar-refractivity contribution in [3.63, 3.8) is 0 Å². The predicted octanol–water partition coefficient (Wildman–Crippen LogP) is 1.89. The molecule has 4 heterocycles. The molecule has 6 rings (SSSR count).